The zero-order chi connectivity index (χ0) is 22.8. The SMILES string of the molecule is C=[C-]CC.CC(C)[C-]=O.C[C-](C)C.[CH2-][C@@]1(CCCSO)CCN[C@]1([CH2-])C(=O)O.[K+].[U+2]. The van der Waals surface area contributed by atoms with Gasteiger partial charge in [0, 0.05) is 5.75 Å². The van der Waals surface area contributed by atoms with E-state index in [1.807, 2.05) is 6.92 Å². The Morgan fingerprint density at radius 3 is 2.00 bits per heavy atom. The predicted octanol–water partition coefficient (Wildman–Crippen LogP) is 2.21. The van der Waals surface area contributed by atoms with Crippen molar-refractivity contribution in [2.24, 2.45) is 11.3 Å². The molecule has 0 radical (unpaired) electrons. The van der Waals surface area contributed by atoms with Crippen molar-refractivity contribution in [3.8, 4) is 0 Å². The van der Waals surface area contributed by atoms with E-state index in [-0.39, 0.29) is 88.4 Å². The van der Waals surface area contributed by atoms with Gasteiger partial charge in [0.2, 0.25) is 0 Å². The van der Waals surface area contributed by atoms with Crippen molar-refractivity contribution in [1.29, 1.82) is 0 Å². The van der Waals surface area contributed by atoms with Crippen LogP contribution in [0.4, 0.5) is 0 Å². The molecule has 30 heavy (non-hydrogen) atoms. The number of carboxylic acids is 1. The van der Waals surface area contributed by atoms with Gasteiger partial charge in [0.25, 0.3) is 5.97 Å². The molecular weight excluding hydrogens is 651 g/mol. The van der Waals surface area contributed by atoms with E-state index in [9.17, 15) is 9.59 Å². The molecule has 1 rings (SSSR count). The number of hydrogen-bond donors (Lipinski definition) is 3. The van der Waals surface area contributed by atoms with Gasteiger partial charge in [0.05, 0.1) is 0 Å². The number of nitrogens with one attached hydrogen (secondary N) is 1. The van der Waals surface area contributed by atoms with Gasteiger partial charge in [-0.2, -0.15) is 32.6 Å². The van der Waals surface area contributed by atoms with Crippen molar-refractivity contribution in [2.75, 3.05) is 12.3 Å². The largest absolute Gasteiger partial charge is 2.00 e. The van der Waals surface area contributed by atoms with E-state index in [1.165, 1.54) is 5.92 Å². The first-order chi connectivity index (χ1) is 12.9. The van der Waals surface area contributed by atoms with Crippen molar-refractivity contribution in [1.82, 2.24) is 5.32 Å². The van der Waals surface area contributed by atoms with E-state index >= 15 is 0 Å². The summed E-state index contributed by atoms with van der Waals surface area (Å²) >= 11 is 0.776. The molecule has 1 fully saturated rings. The van der Waals surface area contributed by atoms with Gasteiger partial charge in [0.15, 0.2) is 0 Å². The molecule has 1 aliphatic rings. The molecule has 0 spiro atoms. The second-order valence-electron chi connectivity index (χ2n) is 7.48. The third kappa shape index (κ3) is 21.7. The van der Waals surface area contributed by atoms with Gasteiger partial charge < -0.3 is 45.6 Å². The molecule has 0 bridgehead atoms. The van der Waals surface area contributed by atoms with Gasteiger partial charge in [-0.05, 0) is 30.5 Å². The van der Waals surface area contributed by atoms with Crippen LogP contribution in [0.15, 0.2) is 6.58 Å². The van der Waals surface area contributed by atoms with Crippen LogP contribution in [0.3, 0.4) is 0 Å². The van der Waals surface area contributed by atoms with Crippen molar-refractivity contribution in [3.63, 3.8) is 0 Å². The Hall–Kier alpha value is 1.84. The molecule has 3 N–H and O–H groups in total. The number of carboxylic acid groups (broad SMARTS) is 1. The summed E-state index contributed by atoms with van der Waals surface area (Å²) in [5.74, 6) is 1.15. The van der Waals surface area contributed by atoms with Crippen LogP contribution in [0.2, 0.25) is 0 Å². The topological polar surface area (TPSA) is 86.6 Å². The van der Waals surface area contributed by atoms with E-state index in [4.69, 9.17) is 9.66 Å². The zero-order valence-corrected chi connectivity index (χ0v) is 28.2. The molecule has 1 saturated heterocycles. The molecule has 0 aromatic heterocycles. The van der Waals surface area contributed by atoms with Crippen LogP contribution in [0.1, 0.15) is 67.2 Å². The Labute approximate surface area is 256 Å². The molecule has 8 heteroatoms. The number of aliphatic carboxylic acids is 1. The second-order valence-corrected chi connectivity index (χ2v) is 8.15. The Bertz CT molecular complexity index is 425. The quantitative estimate of drug-likeness (QED) is 0.165. The van der Waals surface area contributed by atoms with Gasteiger partial charge in [-0.25, -0.2) is 0 Å². The van der Waals surface area contributed by atoms with Crippen molar-refractivity contribution < 1.29 is 102 Å². The molecule has 170 valence electrons. The molecular formula is C22H40KNO4SU-2. The van der Waals surface area contributed by atoms with E-state index in [0.29, 0.717) is 25.1 Å². The Morgan fingerprint density at radius 1 is 1.33 bits per heavy atom. The summed E-state index contributed by atoms with van der Waals surface area (Å²) in [6.07, 6.45) is 7.53. The summed E-state index contributed by atoms with van der Waals surface area (Å²) in [5.41, 5.74) is -1.76. The monoisotopic (exact) mass is 691 g/mol. The van der Waals surface area contributed by atoms with Crippen LogP contribution >= 0.6 is 12.0 Å². The summed E-state index contributed by atoms with van der Waals surface area (Å²) in [7, 11) is 0. The van der Waals surface area contributed by atoms with Crippen LogP contribution < -0.4 is 56.7 Å². The van der Waals surface area contributed by atoms with Gasteiger partial charge in [-0.15, -0.1) is 5.92 Å². The fraction of sp³-hybridized carbons (Fsp3) is 0.682. The van der Waals surface area contributed by atoms with Crippen molar-refractivity contribution in [2.45, 2.75) is 72.8 Å². The summed E-state index contributed by atoms with van der Waals surface area (Å²) in [5, 5.41) is 12.1. The normalized spacial score (nSPS) is 21.3. The fourth-order valence-electron chi connectivity index (χ4n) is 2.03. The minimum Gasteiger partial charge on any atom is -0.542 e. The average molecular weight is 692 g/mol. The first-order valence-electron chi connectivity index (χ1n) is 9.48. The molecule has 0 saturated carbocycles. The van der Waals surface area contributed by atoms with E-state index < -0.39 is 16.9 Å². The predicted molar refractivity (Wildman–Crippen MR) is 120 cm³/mol. The van der Waals surface area contributed by atoms with E-state index in [0.717, 1.165) is 24.9 Å². The summed E-state index contributed by atoms with van der Waals surface area (Å²) in [4.78, 5) is 20.5. The van der Waals surface area contributed by atoms with Gasteiger partial charge >= 0.3 is 82.5 Å². The minimum absolute atomic E-state index is 0. The van der Waals surface area contributed by atoms with E-state index in [2.05, 4.69) is 52.6 Å². The van der Waals surface area contributed by atoms with Gasteiger partial charge in [0.1, 0.15) is 0 Å². The number of carbonyl (C=O) groups excluding carboxylic acids is 1. The molecule has 1 aliphatic heterocycles. The summed E-state index contributed by atoms with van der Waals surface area (Å²) in [6, 6.07) is 0. The van der Waals surface area contributed by atoms with E-state index in [1.54, 1.807) is 20.1 Å². The third-order valence-electron chi connectivity index (χ3n) is 3.68. The Kier molecular flexibility index (Phi) is 35.7. The van der Waals surface area contributed by atoms with Crippen molar-refractivity contribution >= 4 is 24.3 Å². The number of allylic oxidation sites excluding steroid dienone is 1. The molecule has 0 aromatic rings. The maximum atomic E-state index is 11.2. The molecule has 0 aliphatic carbocycles. The number of rotatable bonds is 7. The Balaban J connectivity index is -0.000000116. The van der Waals surface area contributed by atoms with Crippen LogP contribution in [-0.4, -0.2) is 39.8 Å². The third-order valence-corrected chi connectivity index (χ3v) is 4.15. The molecule has 1 heterocycles. The van der Waals surface area contributed by atoms with Gasteiger partial charge in [-0.3, -0.25) is 17.7 Å². The number of carbonyl (C=O) groups is 1. The second kappa shape index (κ2) is 25.5. The molecule has 2 atom stereocenters. The summed E-state index contributed by atoms with van der Waals surface area (Å²) in [6.45, 7) is 23.6. The fourth-order valence-corrected chi connectivity index (χ4v) is 2.31. The smallest absolute Gasteiger partial charge is 0.542 e. The molecule has 0 aromatic carbocycles. The summed E-state index contributed by atoms with van der Waals surface area (Å²) < 4.78 is 8.61. The van der Waals surface area contributed by atoms with Crippen LogP contribution in [0.25, 0.3) is 0 Å². The number of hydrogen-bond acceptors (Lipinski definition) is 5. The zero-order valence-electron chi connectivity index (χ0n) is 20.1. The molecule has 5 nitrogen and oxygen atoms in total. The van der Waals surface area contributed by atoms with Crippen LogP contribution in [0, 0.1) is 68.3 Å². The first-order valence-corrected chi connectivity index (χ1v) is 10.4. The van der Waals surface area contributed by atoms with Gasteiger partial charge in [-0.1, -0.05) is 33.6 Å². The van der Waals surface area contributed by atoms with Crippen molar-refractivity contribution in [3.05, 3.63) is 32.4 Å². The van der Waals surface area contributed by atoms with Crippen LogP contribution in [0.5, 0.6) is 0 Å². The molecule has 0 unspecified atom stereocenters. The minimum atomic E-state index is -1.19. The Morgan fingerprint density at radius 2 is 1.73 bits per heavy atom. The standard InChI is InChI=1S/C10H17NO3S.C4H7O.C4H9.C4H7.K.U/c1-9(4-3-7-15-14)5-6-11-10(9,2)8(12)13;1-4(2)3-5;1-4(2)3;1-3-4-2;;/h11,14H,1-7H2,(H,12,13);4H,1-2H3;1-3H3;1,4H2,2H3;;/q-2;3*-1;+1;+2/t9-,10-;;;;;/m1...../s1. The van der Waals surface area contributed by atoms with Crippen LogP contribution in [-0.2, 0) is 9.59 Å². The maximum absolute atomic E-state index is 11.2. The first kappa shape index (κ1) is 42.0. The molecule has 0 amide bonds. The maximum Gasteiger partial charge on any atom is 2.00 e. The average Bonchev–Trinajstić information content (AvgIpc) is 2.92.